The van der Waals surface area contributed by atoms with Crippen molar-refractivity contribution in [3.8, 4) is 11.4 Å². The van der Waals surface area contributed by atoms with Crippen molar-refractivity contribution < 1.29 is 9.26 Å². The third kappa shape index (κ3) is 2.31. The van der Waals surface area contributed by atoms with Crippen LogP contribution in [0.1, 0.15) is 11.9 Å². The SMILES string of the molecule is Brc1ccccc1-c1noc(C2COCCN2)n1. The molecule has 0 radical (unpaired) electrons. The maximum Gasteiger partial charge on any atom is 0.246 e. The van der Waals surface area contributed by atoms with Crippen LogP contribution >= 0.6 is 15.9 Å². The van der Waals surface area contributed by atoms with Gasteiger partial charge in [0.25, 0.3) is 0 Å². The Bertz CT molecular complexity index is 538. The van der Waals surface area contributed by atoms with Crippen LogP contribution in [0.4, 0.5) is 0 Å². The van der Waals surface area contributed by atoms with Gasteiger partial charge in [0.05, 0.1) is 13.2 Å². The van der Waals surface area contributed by atoms with Gasteiger partial charge in [-0.25, -0.2) is 0 Å². The zero-order chi connectivity index (χ0) is 12.4. The number of rotatable bonds is 2. The fourth-order valence-electron chi connectivity index (χ4n) is 1.85. The number of aromatic nitrogens is 2. The number of nitrogens with one attached hydrogen (secondary N) is 1. The lowest BCUT2D eigenvalue weighted by atomic mass is 10.2. The third-order valence-corrected chi connectivity index (χ3v) is 3.47. The molecule has 1 fully saturated rings. The predicted molar refractivity (Wildman–Crippen MR) is 69.0 cm³/mol. The fraction of sp³-hybridized carbons (Fsp3) is 0.333. The van der Waals surface area contributed by atoms with Crippen molar-refractivity contribution in [3.63, 3.8) is 0 Å². The number of hydrogen-bond donors (Lipinski definition) is 1. The van der Waals surface area contributed by atoms with Crippen LogP contribution in [0.3, 0.4) is 0 Å². The molecule has 0 amide bonds. The molecule has 1 saturated heterocycles. The smallest absolute Gasteiger partial charge is 0.246 e. The average molecular weight is 310 g/mol. The number of morpholine rings is 1. The van der Waals surface area contributed by atoms with Crippen LogP contribution in [-0.4, -0.2) is 29.9 Å². The summed E-state index contributed by atoms with van der Waals surface area (Å²) in [5.74, 6) is 1.16. The van der Waals surface area contributed by atoms with E-state index in [-0.39, 0.29) is 6.04 Å². The summed E-state index contributed by atoms with van der Waals surface area (Å²) in [7, 11) is 0. The van der Waals surface area contributed by atoms with Crippen LogP contribution in [0.2, 0.25) is 0 Å². The topological polar surface area (TPSA) is 60.2 Å². The molecule has 1 aliphatic heterocycles. The third-order valence-electron chi connectivity index (χ3n) is 2.78. The molecule has 1 N–H and O–H groups in total. The van der Waals surface area contributed by atoms with Crippen LogP contribution in [0.5, 0.6) is 0 Å². The molecular formula is C12H12BrN3O2. The van der Waals surface area contributed by atoms with Crippen molar-refractivity contribution in [1.29, 1.82) is 0 Å². The predicted octanol–water partition coefficient (Wildman–Crippen LogP) is 2.16. The maximum atomic E-state index is 5.38. The van der Waals surface area contributed by atoms with E-state index in [1.54, 1.807) is 0 Å². The highest BCUT2D eigenvalue weighted by molar-refractivity contribution is 9.10. The van der Waals surface area contributed by atoms with Crippen molar-refractivity contribution in [2.24, 2.45) is 0 Å². The van der Waals surface area contributed by atoms with E-state index in [9.17, 15) is 0 Å². The van der Waals surface area contributed by atoms with Crippen LogP contribution in [0, 0.1) is 0 Å². The number of benzene rings is 1. The molecule has 5 nitrogen and oxygen atoms in total. The molecule has 2 heterocycles. The summed E-state index contributed by atoms with van der Waals surface area (Å²) in [4.78, 5) is 4.41. The molecule has 1 unspecified atom stereocenters. The summed E-state index contributed by atoms with van der Waals surface area (Å²) in [6.45, 7) is 2.09. The normalized spacial score (nSPS) is 19.9. The van der Waals surface area contributed by atoms with Gasteiger partial charge >= 0.3 is 0 Å². The summed E-state index contributed by atoms with van der Waals surface area (Å²) in [5, 5.41) is 7.29. The molecule has 0 aliphatic carbocycles. The van der Waals surface area contributed by atoms with Crippen molar-refractivity contribution in [2.45, 2.75) is 6.04 Å². The second-order valence-corrected chi connectivity index (χ2v) is 4.87. The largest absolute Gasteiger partial charge is 0.378 e. The molecule has 2 aromatic rings. The van der Waals surface area contributed by atoms with Crippen LogP contribution < -0.4 is 5.32 Å². The Labute approximate surface area is 113 Å². The van der Waals surface area contributed by atoms with Gasteiger partial charge in [0.1, 0.15) is 6.04 Å². The molecular weight excluding hydrogens is 298 g/mol. The Balaban J connectivity index is 1.87. The van der Waals surface area contributed by atoms with E-state index in [1.807, 2.05) is 24.3 Å². The minimum Gasteiger partial charge on any atom is -0.378 e. The molecule has 1 aromatic heterocycles. The van der Waals surface area contributed by atoms with E-state index in [0.717, 1.165) is 23.2 Å². The second-order valence-electron chi connectivity index (χ2n) is 4.02. The zero-order valence-corrected chi connectivity index (χ0v) is 11.2. The van der Waals surface area contributed by atoms with Gasteiger partial charge in [-0.3, -0.25) is 0 Å². The van der Waals surface area contributed by atoms with Gasteiger partial charge in [-0.2, -0.15) is 4.98 Å². The van der Waals surface area contributed by atoms with Gasteiger partial charge in [0.15, 0.2) is 0 Å². The summed E-state index contributed by atoms with van der Waals surface area (Å²) in [6, 6.07) is 7.78. The van der Waals surface area contributed by atoms with Gasteiger partial charge in [-0.15, -0.1) is 0 Å². The van der Waals surface area contributed by atoms with Crippen molar-refractivity contribution >= 4 is 15.9 Å². The van der Waals surface area contributed by atoms with Crippen molar-refractivity contribution in [1.82, 2.24) is 15.5 Å². The van der Waals surface area contributed by atoms with Crippen LogP contribution in [0.25, 0.3) is 11.4 Å². The highest BCUT2D eigenvalue weighted by Gasteiger charge is 2.22. The maximum absolute atomic E-state index is 5.38. The fourth-order valence-corrected chi connectivity index (χ4v) is 2.31. The van der Waals surface area contributed by atoms with Crippen LogP contribution in [-0.2, 0) is 4.74 Å². The summed E-state index contributed by atoms with van der Waals surface area (Å²) < 4.78 is 11.6. The highest BCUT2D eigenvalue weighted by atomic mass is 79.9. The van der Waals surface area contributed by atoms with E-state index in [0.29, 0.717) is 18.3 Å². The first-order chi connectivity index (χ1) is 8.84. The van der Waals surface area contributed by atoms with E-state index >= 15 is 0 Å². The molecule has 94 valence electrons. The lowest BCUT2D eigenvalue weighted by molar-refractivity contribution is 0.0659. The number of halogens is 1. The second kappa shape index (κ2) is 5.17. The quantitative estimate of drug-likeness (QED) is 0.921. The minimum atomic E-state index is -0.0116. The Hall–Kier alpha value is -1.24. The molecule has 3 rings (SSSR count). The summed E-state index contributed by atoms with van der Waals surface area (Å²) >= 11 is 3.48. The molecule has 1 aromatic carbocycles. The lowest BCUT2D eigenvalue weighted by Crippen LogP contribution is -2.34. The van der Waals surface area contributed by atoms with E-state index < -0.39 is 0 Å². The zero-order valence-electron chi connectivity index (χ0n) is 9.60. The van der Waals surface area contributed by atoms with Gasteiger partial charge in [0, 0.05) is 16.6 Å². The molecule has 0 spiro atoms. The van der Waals surface area contributed by atoms with E-state index in [4.69, 9.17) is 9.26 Å². The average Bonchev–Trinajstić information content (AvgIpc) is 2.90. The standard InChI is InChI=1S/C12H12BrN3O2/c13-9-4-2-1-3-8(9)11-15-12(18-16-11)10-7-17-6-5-14-10/h1-4,10,14H,5-7H2. The lowest BCUT2D eigenvalue weighted by Gasteiger charge is -2.20. The molecule has 0 bridgehead atoms. The van der Waals surface area contributed by atoms with Gasteiger partial charge < -0.3 is 14.6 Å². The van der Waals surface area contributed by atoms with Gasteiger partial charge in [-0.05, 0) is 12.1 Å². The molecule has 18 heavy (non-hydrogen) atoms. The van der Waals surface area contributed by atoms with Crippen molar-refractivity contribution in [3.05, 3.63) is 34.6 Å². The van der Waals surface area contributed by atoms with Crippen LogP contribution in [0.15, 0.2) is 33.3 Å². The van der Waals surface area contributed by atoms with Gasteiger partial charge in [-0.1, -0.05) is 33.2 Å². The Kier molecular flexibility index (Phi) is 3.40. The Morgan fingerprint density at radius 2 is 2.22 bits per heavy atom. The molecule has 1 aliphatic rings. The Morgan fingerprint density at radius 3 is 3.00 bits per heavy atom. The summed E-state index contributed by atoms with van der Waals surface area (Å²) in [6.07, 6.45) is 0. The van der Waals surface area contributed by atoms with Gasteiger partial charge in [0.2, 0.25) is 11.7 Å². The Morgan fingerprint density at radius 1 is 1.33 bits per heavy atom. The monoisotopic (exact) mass is 309 g/mol. The first-order valence-electron chi connectivity index (χ1n) is 5.74. The minimum absolute atomic E-state index is 0.0116. The van der Waals surface area contributed by atoms with E-state index in [2.05, 4.69) is 31.4 Å². The number of nitrogens with zero attached hydrogens (tertiary/aromatic N) is 2. The first kappa shape index (κ1) is 11.8. The molecule has 0 saturated carbocycles. The van der Waals surface area contributed by atoms with E-state index in [1.165, 1.54) is 0 Å². The number of ether oxygens (including phenoxy) is 1. The molecule has 1 atom stereocenters. The van der Waals surface area contributed by atoms with Crippen molar-refractivity contribution in [2.75, 3.05) is 19.8 Å². The molecule has 6 heteroatoms. The summed E-state index contributed by atoms with van der Waals surface area (Å²) in [5.41, 5.74) is 0.921. The number of hydrogen-bond acceptors (Lipinski definition) is 5. The first-order valence-corrected chi connectivity index (χ1v) is 6.53. The highest BCUT2D eigenvalue weighted by Crippen LogP contribution is 2.26.